The number of amides is 1. The van der Waals surface area contributed by atoms with Gasteiger partial charge in [0.15, 0.2) is 0 Å². The van der Waals surface area contributed by atoms with Crippen LogP contribution in [0.5, 0.6) is 0 Å². The lowest BCUT2D eigenvalue weighted by Crippen LogP contribution is -2.40. The normalized spacial score (nSPS) is 15.2. The zero-order valence-corrected chi connectivity index (χ0v) is 19.9. The number of ether oxygens (including phenoxy) is 1. The minimum atomic E-state index is -0.797. The first-order chi connectivity index (χ1) is 16.9. The summed E-state index contributed by atoms with van der Waals surface area (Å²) < 4.78 is 7.40. The summed E-state index contributed by atoms with van der Waals surface area (Å²) in [6.45, 7) is 5.97. The fourth-order valence-corrected chi connectivity index (χ4v) is 4.67. The fourth-order valence-electron chi connectivity index (χ4n) is 4.67. The Morgan fingerprint density at radius 3 is 2.57 bits per heavy atom. The van der Waals surface area contributed by atoms with Crippen molar-refractivity contribution in [2.75, 3.05) is 19.7 Å². The monoisotopic (exact) mass is 479 g/mol. The minimum Gasteiger partial charge on any atom is -0.466 e. The average molecular weight is 480 g/mol. The highest BCUT2D eigenvalue weighted by atomic mass is 16.6. The summed E-state index contributed by atoms with van der Waals surface area (Å²) in [4.78, 5) is 46.7. The number of pyridine rings is 1. The number of benzene rings is 1. The van der Waals surface area contributed by atoms with E-state index in [4.69, 9.17) is 4.74 Å². The van der Waals surface area contributed by atoms with Crippen molar-refractivity contribution in [3.8, 4) is 0 Å². The van der Waals surface area contributed by atoms with Crippen LogP contribution in [0.4, 0.5) is 5.69 Å². The Hall–Kier alpha value is -3.82. The molecule has 0 saturated carbocycles. The molecule has 1 saturated heterocycles. The molecular formula is C25H29N5O5. The van der Waals surface area contributed by atoms with Crippen LogP contribution in [0.1, 0.15) is 43.5 Å². The first kappa shape index (κ1) is 24.3. The number of rotatable bonds is 8. The molecule has 10 nitrogen and oxygen atoms in total. The lowest BCUT2D eigenvalue weighted by molar-refractivity contribution is -0.384. The smallest absolute Gasteiger partial charge is 0.313 e. The second-order valence-corrected chi connectivity index (χ2v) is 8.82. The Balaban J connectivity index is 1.39. The van der Waals surface area contributed by atoms with Crippen LogP contribution in [0, 0.1) is 23.0 Å². The third-order valence-electron chi connectivity index (χ3n) is 6.61. The van der Waals surface area contributed by atoms with E-state index in [1.807, 2.05) is 13.0 Å². The number of carbonyl (C=O) groups excluding carboxylic acids is 2. The summed E-state index contributed by atoms with van der Waals surface area (Å²) >= 11 is 0. The predicted octanol–water partition coefficient (Wildman–Crippen LogP) is 3.62. The van der Waals surface area contributed by atoms with Crippen molar-refractivity contribution in [2.24, 2.45) is 5.92 Å². The lowest BCUT2D eigenvalue weighted by atomic mass is 9.93. The van der Waals surface area contributed by atoms with E-state index in [0.717, 1.165) is 36.2 Å². The van der Waals surface area contributed by atoms with Crippen molar-refractivity contribution in [3.63, 3.8) is 0 Å². The van der Waals surface area contributed by atoms with Crippen LogP contribution in [0.2, 0.25) is 0 Å². The summed E-state index contributed by atoms with van der Waals surface area (Å²) in [6, 6.07) is 7.70. The van der Waals surface area contributed by atoms with Gasteiger partial charge in [0.1, 0.15) is 11.3 Å². The van der Waals surface area contributed by atoms with Crippen molar-refractivity contribution < 1.29 is 19.2 Å². The quantitative estimate of drug-likeness (QED) is 0.275. The lowest BCUT2D eigenvalue weighted by Gasteiger charge is -2.33. The Morgan fingerprint density at radius 2 is 1.91 bits per heavy atom. The zero-order chi connectivity index (χ0) is 24.9. The van der Waals surface area contributed by atoms with Crippen LogP contribution in [0.25, 0.3) is 11.0 Å². The highest BCUT2D eigenvalue weighted by Crippen LogP contribution is 2.27. The van der Waals surface area contributed by atoms with E-state index in [2.05, 4.69) is 14.5 Å². The molecule has 3 aromatic rings. The van der Waals surface area contributed by atoms with Gasteiger partial charge in [-0.05, 0) is 44.2 Å². The Bertz CT molecular complexity index is 1210. The molecule has 1 aromatic carbocycles. The van der Waals surface area contributed by atoms with Gasteiger partial charge in [0, 0.05) is 44.4 Å². The molecule has 0 bridgehead atoms. The summed E-state index contributed by atoms with van der Waals surface area (Å²) in [5.74, 6) is -0.0444. The number of esters is 1. The van der Waals surface area contributed by atoms with E-state index in [1.54, 1.807) is 24.2 Å². The van der Waals surface area contributed by atoms with Crippen molar-refractivity contribution in [1.29, 1.82) is 0 Å². The number of carbonyl (C=O) groups is 2. The van der Waals surface area contributed by atoms with Crippen molar-refractivity contribution in [1.82, 2.24) is 19.4 Å². The highest BCUT2D eigenvalue weighted by molar-refractivity contribution is 5.87. The van der Waals surface area contributed by atoms with Gasteiger partial charge in [-0.15, -0.1) is 0 Å². The maximum Gasteiger partial charge on any atom is 0.313 e. The van der Waals surface area contributed by atoms with E-state index in [9.17, 15) is 19.7 Å². The van der Waals surface area contributed by atoms with Crippen LogP contribution in [0.3, 0.4) is 0 Å². The number of aromatic nitrogens is 3. The standard InChI is InChI=1S/C25H29N5O5/c1-3-35-25(32)21(19-4-6-20(7-5-19)30(33)34)14-24(31)28-12-9-18(10-13-28)16-29-17(2)27-22-15-26-11-8-23(22)29/h4-8,11,15,18,21H,3,9-10,12-14,16H2,1-2H3. The van der Waals surface area contributed by atoms with Crippen LogP contribution in [-0.4, -0.2) is 55.9 Å². The van der Waals surface area contributed by atoms with Gasteiger partial charge < -0.3 is 14.2 Å². The second kappa shape index (κ2) is 10.6. The molecule has 0 aliphatic carbocycles. The molecule has 1 aliphatic rings. The molecule has 35 heavy (non-hydrogen) atoms. The van der Waals surface area contributed by atoms with Crippen LogP contribution in [0.15, 0.2) is 42.7 Å². The number of non-ortho nitro benzene ring substituents is 1. The first-order valence-electron chi connectivity index (χ1n) is 11.8. The van der Waals surface area contributed by atoms with Gasteiger partial charge in [-0.25, -0.2) is 4.98 Å². The third kappa shape index (κ3) is 5.47. The molecule has 2 aromatic heterocycles. The summed E-state index contributed by atoms with van der Waals surface area (Å²) in [6.07, 6.45) is 5.23. The number of hydrogen-bond donors (Lipinski definition) is 0. The molecule has 0 N–H and O–H groups in total. The molecule has 10 heteroatoms. The molecule has 1 amide bonds. The Morgan fingerprint density at radius 1 is 1.20 bits per heavy atom. The summed E-state index contributed by atoms with van der Waals surface area (Å²) in [5.41, 5.74) is 2.42. The third-order valence-corrected chi connectivity index (χ3v) is 6.61. The molecule has 1 aliphatic heterocycles. The molecule has 0 spiro atoms. The van der Waals surface area contributed by atoms with Crippen molar-refractivity contribution in [2.45, 2.75) is 45.6 Å². The number of nitro groups is 1. The average Bonchev–Trinajstić information content (AvgIpc) is 3.18. The Kier molecular flexibility index (Phi) is 7.38. The number of nitro benzene ring substituents is 1. The molecule has 1 unspecified atom stereocenters. The molecule has 1 fully saturated rings. The molecule has 0 radical (unpaired) electrons. The predicted molar refractivity (Wildman–Crippen MR) is 129 cm³/mol. The first-order valence-corrected chi connectivity index (χ1v) is 11.8. The van der Waals surface area contributed by atoms with Crippen LogP contribution < -0.4 is 0 Å². The number of piperidine rings is 1. The van der Waals surface area contributed by atoms with Gasteiger partial charge in [0.2, 0.25) is 5.91 Å². The SMILES string of the molecule is CCOC(=O)C(CC(=O)N1CCC(Cn2c(C)nc3cnccc32)CC1)c1ccc([N+](=O)[O-])cc1. The molecule has 4 rings (SSSR count). The second-order valence-electron chi connectivity index (χ2n) is 8.82. The molecule has 3 heterocycles. The minimum absolute atomic E-state index is 0.0282. The summed E-state index contributed by atoms with van der Waals surface area (Å²) in [7, 11) is 0. The molecule has 1 atom stereocenters. The number of aryl methyl sites for hydroxylation is 1. The fraction of sp³-hybridized carbons (Fsp3) is 0.440. The van der Waals surface area contributed by atoms with E-state index < -0.39 is 16.8 Å². The number of imidazole rings is 1. The number of nitrogens with zero attached hydrogens (tertiary/aromatic N) is 5. The number of likely N-dealkylation sites (tertiary alicyclic amines) is 1. The van der Waals surface area contributed by atoms with E-state index in [-0.39, 0.29) is 24.6 Å². The number of hydrogen-bond acceptors (Lipinski definition) is 7. The largest absolute Gasteiger partial charge is 0.466 e. The maximum absolute atomic E-state index is 13.1. The van der Waals surface area contributed by atoms with Gasteiger partial charge in [-0.1, -0.05) is 12.1 Å². The zero-order valence-electron chi connectivity index (χ0n) is 19.9. The highest BCUT2D eigenvalue weighted by Gasteiger charge is 2.30. The van der Waals surface area contributed by atoms with E-state index in [1.165, 1.54) is 24.3 Å². The summed E-state index contributed by atoms with van der Waals surface area (Å²) in [5, 5.41) is 11.0. The van der Waals surface area contributed by atoms with Crippen molar-refractivity contribution in [3.05, 3.63) is 64.2 Å². The van der Waals surface area contributed by atoms with E-state index >= 15 is 0 Å². The van der Waals surface area contributed by atoms with Crippen LogP contribution >= 0.6 is 0 Å². The maximum atomic E-state index is 13.1. The van der Waals surface area contributed by atoms with Gasteiger partial charge in [0.05, 0.1) is 29.2 Å². The Labute approximate surface area is 203 Å². The van der Waals surface area contributed by atoms with Gasteiger partial charge in [-0.3, -0.25) is 24.7 Å². The molecular weight excluding hydrogens is 450 g/mol. The number of fused-ring (bicyclic) bond motifs is 1. The topological polar surface area (TPSA) is 120 Å². The van der Waals surface area contributed by atoms with Gasteiger partial charge in [-0.2, -0.15) is 0 Å². The van der Waals surface area contributed by atoms with Gasteiger partial charge >= 0.3 is 5.97 Å². The van der Waals surface area contributed by atoms with Gasteiger partial charge in [0.25, 0.3) is 5.69 Å². The van der Waals surface area contributed by atoms with E-state index in [0.29, 0.717) is 24.6 Å². The molecule has 184 valence electrons. The van der Waals surface area contributed by atoms with Crippen molar-refractivity contribution >= 4 is 28.6 Å². The van der Waals surface area contributed by atoms with Crippen LogP contribution in [-0.2, 0) is 20.9 Å².